The van der Waals surface area contributed by atoms with Gasteiger partial charge in [0.05, 0.1) is 11.4 Å². The molecule has 0 saturated heterocycles. The number of benzene rings is 12. The fraction of sp³-hybridized carbons (Fsp3) is 0. The summed E-state index contributed by atoms with van der Waals surface area (Å²) in [5.41, 5.74) is 16.0. The van der Waals surface area contributed by atoms with Crippen LogP contribution in [0.4, 0.5) is 34.1 Å². The number of hydrogen-bond donors (Lipinski definition) is 0. The smallest absolute Gasteiger partial charge is 0.0540 e. The summed E-state index contributed by atoms with van der Waals surface area (Å²) in [6, 6.07) is 102. The second kappa shape index (κ2) is 18.1. The molecule has 334 valence electrons. The van der Waals surface area contributed by atoms with Crippen molar-refractivity contribution < 1.29 is 0 Å². The highest BCUT2D eigenvalue weighted by molar-refractivity contribution is 7.26. The van der Waals surface area contributed by atoms with Crippen LogP contribution in [-0.4, -0.2) is 0 Å². The average molecular weight is 923 g/mol. The van der Waals surface area contributed by atoms with Gasteiger partial charge in [0.2, 0.25) is 0 Å². The maximum atomic E-state index is 2.44. The van der Waals surface area contributed by atoms with E-state index in [1.165, 1.54) is 75.1 Å². The minimum absolute atomic E-state index is 1.05. The highest BCUT2D eigenvalue weighted by atomic mass is 32.1. The van der Waals surface area contributed by atoms with Gasteiger partial charge in [0.1, 0.15) is 0 Å². The van der Waals surface area contributed by atoms with Crippen LogP contribution < -0.4 is 9.80 Å². The van der Waals surface area contributed by atoms with Crippen LogP contribution in [0.1, 0.15) is 0 Å². The molecule has 0 atom stereocenters. The molecule has 0 aliphatic carbocycles. The molecule has 71 heavy (non-hydrogen) atoms. The SMILES string of the molecule is c1ccc(-c2ccc(N(c3ccccc3)c3cc(-c4ccc(-c5cccc6c5sc5ccccc56)cc4)cc(N(c4ccccc4)c4ccc(-c5ccccc5)c5ccccc45)c3)c3ccccc23)cc1. The monoisotopic (exact) mass is 922 g/mol. The van der Waals surface area contributed by atoms with Gasteiger partial charge in [-0.05, 0) is 116 Å². The van der Waals surface area contributed by atoms with Crippen molar-refractivity contribution in [2.24, 2.45) is 0 Å². The van der Waals surface area contributed by atoms with Crippen molar-refractivity contribution >= 4 is 87.2 Å². The first kappa shape index (κ1) is 42.1. The number of fused-ring (bicyclic) bond motifs is 5. The van der Waals surface area contributed by atoms with Gasteiger partial charge in [-0.15, -0.1) is 11.3 Å². The van der Waals surface area contributed by atoms with Crippen molar-refractivity contribution in [1.29, 1.82) is 0 Å². The molecule has 0 aliphatic rings. The molecule has 0 spiro atoms. The van der Waals surface area contributed by atoms with Crippen LogP contribution in [0, 0.1) is 0 Å². The standard InChI is InChI=1S/C68H46N2S/c1-5-20-48(21-6-1)56-40-42-65(61-30-15-13-28-59(56)61)69(52-24-9-3-10-25-52)54-44-51(47-36-38-50(39-37-47)58-33-19-34-64-63-32-17-18-35-67(63)71-68(58)64)45-55(46-54)70(53-26-11-4-12-27-53)66-43-41-57(49-22-7-2-8-23-49)60-29-14-16-31-62(60)66/h1-46H. The van der Waals surface area contributed by atoms with Crippen LogP contribution in [0.3, 0.4) is 0 Å². The maximum Gasteiger partial charge on any atom is 0.0540 e. The summed E-state index contributed by atoms with van der Waals surface area (Å²) in [5.74, 6) is 0. The predicted octanol–water partition coefficient (Wildman–Crippen LogP) is 20.0. The summed E-state index contributed by atoms with van der Waals surface area (Å²) in [7, 11) is 0. The first-order chi connectivity index (χ1) is 35.2. The Morgan fingerprint density at radius 1 is 0.225 bits per heavy atom. The molecular formula is C68H46N2S. The van der Waals surface area contributed by atoms with Crippen LogP contribution in [0.25, 0.3) is 86.2 Å². The second-order valence-electron chi connectivity index (χ2n) is 18.0. The van der Waals surface area contributed by atoms with E-state index in [1.807, 2.05) is 11.3 Å². The molecule has 0 radical (unpaired) electrons. The van der Waals surface area contributed by atoms with Crippen molar-refractivity contribution in [3.8, 4) is 44.5 Å². The molecule has 0 bridgehead atoms. The molecule has 3 heteroatoms. The summed E-state index contributed by atoms with van der Waals surface area (Å²) >= 11 is 1.87. The van der Waals surface area contributed by atoms with Gasteiger partial charge in [0, 0.05) is 53.7 Å². The number of thiophene rings is 1. The molecule has 13 rings (SSSR count). The van der Waals surface area contributed by atoms with Gasteiger partial charge in [-0.2, -0.15) is 0 Å². The molecule has 0 unspecified atom stereocenters. The molecule has 0 N–H and O–H groups in total. The van der Waals surface area contributed by atoms with Gasteiger partial charge in [-0.1, -0.05) is 218 Å². The number of rotatable bonds is 10. The quantitative estimate of drug-likeness (QED) is 0.135. The van der Waals surface area contributed by atoms with E-state index < -0.39 is 0 Å². The molecule has 2 nitrogen and oxygen atoms in total. The van der Waals surface area contributed by atoms with E-state index in [0.717, 1.165) is 45.3 Å². The Balaban J connectivity index is 1.05. The first-order valence-electron chi connectivity index (χ1n) is 24.2. The van der Waals surface area contributed by atoms with Gasteiger partial charge in [0.15, 0.2) is 0 Å². The van der Waals surface area contributed by atoms with Gasteiger partial charge in [0.25, 0.3) is 0 Å². The van der Waals surface area contributed by atoms with E-state index in [0.29, 0.717) is 0 Å². The lowest BCUT2D eigenvalue weighted by atomic mass is 9.95. The molecule has 0 aliphatic heterocycles. The summed E-state index contributed by atoms with van der Waals surface area (Å²) in [4.78, 5) is 4.89. The van der Waals surface area contributed by atoms with Gasteiger partial charge < -0.3 is 9.80 Å². The van der Waals surface area contributed by atoms with Crippen molar-refractivity contribution in [2.75, 3.05) is 9.80 Å². The molecule has 1 heterocycles. The van der Waals surface area contributed by atoms with Gasteiger partial charge >= 0.3 is 0 Å². The third-order valence-corrected chi connectivity index (χ3v) is 15.1. The second-order valence-corrected chi connectivity index (χ2v) is 19.1. The van der Waals surface area contributed by atoms with E-state index in [2.05, 4.69) is 289 Å². The third kappa shape index (κ3) is 7.70. The Kier molecular flexibility index (Phi) is 10.8. The zero-order valence-corrected chi connectivity index (χ0v) is 39.7. The normalized spacial score (nSPS) is 11.4. The van der Waals surface area contributed by atoms with Gasteiger partial charge in [-0.3, -0.25) is 0 Å². The van der Waals surface area contributed by atoms with Gasteiger partial charge in [-0.25, -0.2) is 0 Å². The Bertz CT molecular complexity index is 3850. The average Bonchev–Trinajstić information content (AvgIpc) is 3.83. The molecule has 12 aromatic carbocycles. The zero-order valence-electron chi connectivity index (χ0n) is 38.9. The highest BCUT2D eigenvalue weighted by Crippen LogP contribution is 2.48. The minimum Gasteiger partial charge on any atom is -0.310 e. The highest BCUT2D eigenvalue weighted by Gasteiger charge is 2.23. The molecule has 0 fully saturated rings. The van der Waals surface area contributed by atoms with Crippen LogP contribution in [-0.2, 0) is 0 Å². The van der Waals surface area contributed by atoms with E-state index in [-0.39, 0.29) is 0 Å². The topological polar surface area (TPSA) is 6.48 Å². The number of nitrogens with zero attached hydrogens (tertiary/aromatic N) is 2. The Morgan fingerprint density at radius 3 is 1.15 bits per heavy atom. The lowest BCUT2D eigenvalue weighted by molar-refractivity contribution is 1.26. The van der Waals surface area contributed by atoms with E-state index in [4.69, 9.17) is 0 Å². The molecule has 0 saturated carbocycles. The Morgan fingerprint density at radius 2 is 0.634 bits per heavy atom. The number of anilines is 6. The predicted molar refractivity (Wildman–Crippen MR) is 305 cm³/mol. The minimum atomic E-state index is 1.05. The lowest BCUT2D eigenvalue weighted by Gasteiger charge is -2.32. The van der Waals surface area contributed by atoms with Crippen molar-refractivity contribution in [2.45, 2.75) is 0 Å². The fourth-order valence-electron chi connectivity index (χ4n) is 10.5. The van der Waals surface area contributed by atoms with E-state index in [1.54, 1.807) is 0 Å². The van der Waals surface area contributed by atoms with Crippen LogP contribution >= 0.6 is 11.3 Å². The number of para-hydroxylation sites is 2. The van der Waals surface area contributed by atoms with Crippen molar-refractivity contribution in [3.05, 3.63) is 279 Å². The van der Waals surface area contributed by atoms with Crippen LogP contribution in [0.15, 0.2) is 279 Å². The van der Waals surface area contributed by atoms with Crippen LogP contribution in [0.2, 0.25) is 0 Å². The van der Waals surface area contributed by atoms with Crippen molar-refractivity contribution in [3.63, 3.8) is 0 Å². The molecule has 13 aromatic rings. The Labute approximate surface area is 418 Å². The fourth-order valence-corrected chi connectivity index (χ4v) is 11.8. The Hall–Kier alpha value is -9.02. The molecule has 1 aromatic heterocycles. The first-order valence-corrected chi connectivity index (χ1v) is 25.1. The van der Waals surface area contributed by atoms with E-state index in [9.17, 15) is 0 Å². The number of hydrogen-bond acceptors (Lipinski definition) is 3. The van der Waals surface area contributed by atoms with E-state index >= 15 is 0 Å². The lowest BCUT2D eigenvalue weighted by Crippen LogP contribution is -2.14. The summed E-state index contributed by atoms with van der Waals surface area (Å²) in [6.45, 7) is 0. The summed E-state index contributed by atoms with van der Waals surface area (Å²) in [5, 5.41) is 7.37. The third-order valence-electron chi connectivity index (χ3n) is 13.8. The molecular weight excluding hydrogens is 877 g/mol. The van der Waals surface area contributed by atoms with Crippen LogP contribution in [0.5, 0.6) is 0 Å². The molecule has 0 amide bonds. The van der Waals surface area contributed by atoms with Crippen molar-refractivity contribution in [1.82, 2.24) is 0 Å². The zero-order chi connectivity index (χ0) is 47.1. The summed E-state index contributed by atoms with van der Waals surface area (Å²) < 4.78 is 2.63. The maximum absolute atomic E-state index is 2.44. The summed E-state index contributed by atoms with van der Waals surface area (Å²) in [6.07, 6.45) is 0. The largest absolute Gasteiger partial charge is 0.310 e.